The summed E-state index contributed by atoms with van der Waals surface area (Å²) in [6, 6.07) is 5.69. The molecule has 1 aliphatic rings. The fraction of sp³-hybridized carbons (Fsp3) is 0.538. The van der Waals surface area contributed by atoms with Crippen molar-refractivity contribution in [3.8, 4) is 11.5 Å². The molecular formula is C13H19NO2. The van der Waals surface area contributed by atoms with Crippen LogP contribution < -0.4 is 10.1 Å². The fourth-order valence-corrected chi connectivity index (χ4v) is 2.10. The lowest BCUT2D eigenvalue weighted by Crippen LogP contribution is -2.48. The molecule has 0 amide bonds. The van der Waals surface area contributed by atoms with Crippen LogP contribution in [0.3, 0.4) is 0 Å². The van der Waals surface area contributed by atoms with E-state index in [9.17, 15) is 5.11 Å². The highest BCUT2D eigenvalue weighted by atomic mass is 16.5. The molecule has 0 bridgehead atoms. The smallest absolute Gasteiger partial charge is 0.126 e. The summed E-state index contributed by atoms with van der Waals surface area (Å²) < 4.78 is 5.64. The molecule has 0 aromatic heterocycles. The minimum absolute atomic E-state index is 0.0654. The first-order valence-electron chi connectivity index (χ1n) is 5.67. The first-order valence-corrected chi connectivity index (χ1v) is 5.67. The first kappa shape index (κ1) is 11.3. The quantitative estimate of drug-likeness (QED) is 0.763. The minimum Gasteiger partial charge on any atom is -0.508 e. The van der Waals surface area contributed by atoms with Gasteiger partial charge in [-0.05, 0) is 39.3 Å². The lowest BCUT2D eigenvalue weighted by Gasteiger charge is -2.32. The first-order chi connectivity index (χ1) is 7.46. The van der Waals surface area contributed by atoms with Crippen LogP contribution in [0, 0.1) is 0 Å². The maximum atomic E-state index is 9.76. The Morgan fingerprint density at radius 2 is 2.12 bits per heavy atom. The lowest BCUT2D eigenvalue weighted by molar-refractivity contribution is 0.209. The number of rotatable bonds is 1. The van der Waals surface area contributed by atoms with Crippen LogP contribution in [0.1, 0.15) is 26.3 Å². The molecule has 1 aliphatic heterocycles. The van der Waals surface area contributed by atoms with Gasteiger partial charge in [-0.1, -0.05) is 6.07 Å². The minimum atomic E-state index is 0.0654. The normalized spacial score (nSPS) is 20.1. The second-order valence-electron chi connectivity index (χ2n) is 5.36. The molecule has 88 valence electrons. The van der Waals surface area contributed by atoms with E-state index in [0.29, 0.717) is 12.4 Å². The summed E-state index contributed by atoms with van der Waals surface area (Å²) in [4.78, 5) is 0. The number of benzene rings is 1. The van der Waals surface area contributed by atoms with Gasteiger partial charge in [0, 0.05) is 17.1 Å². The predicted octanol–water partition coefficient (Wildman–Crippen LogP) is 2.08. The SMILES string of the molecule is CC(C)(C)NC1COc2cccc(O)c2C1. The molecule has 0 spiro atoms. The molecule has 0 fully saturated rings. The molecule has 2 N–H and O–H groups in total. The number of phenolic OH excluding ortho intramolecular Hbond substituents is 1. The van der Waals surface area contributed by atoms with E-state index in [-0.39, 0.29) is 11.6 Å². The Morgan fingerprint density at radius 1 is 1.38 bits per heavy atom. The van der Waals surface area contributed by atoms with Crippen LogP contribution in [0.4, 0.5) is 0 Å². The Hall–Kier alpha value is -1.22. The van der Waals surface area contributed by atoms with Crippen molar-refractivity contribution in [1.29, 1.82) is 0 Å². The van der Waals surface area contributed by atoms with E-state index in [1.165, 1.54) is 0 Å². The second-order valence-corrected chi connectivity index (χ2v) is 5.36. The fourth-order valence-electron chi connectivity index (χ4n) is 2.10. The summed E-state index contributed by atoms with van der Waals surface area (Å²) in [5.41, 5.74) is 0.978. The number of nitrogens with one attached hydrogen (secondary N) is 1. The van der Waals surface area contributed by atoms with Crippen LogP contribution in [-0.4, -0.2) is 23.3 Å². The second kappa shape index (κ2) is 3.98. The largest absolute Gasteiger partial charge is 0.508 e. The van der Waals surface area contributed by atoms with Gasteiger partial charge >= 0.3 is 0 Å². The molecule has 16 heavy (non-hydrogen) atoms. The van der Waals surface area contributed by atoms with E-state index in [4.69, 9.17) is 4.74 Å². The highest BCUT2D eigenvalue weighted by Crippen LogP contribution is 2.32. The van der Waals surface area contributed by atoms with Crippen LogP contribution in [0.25, 0.3) is 0 Å². The number of ether oxygens (including phenoxy) is 1. The monoisotopic (exact) mass is 221 g/mol. The van der Waals surface area contributed by atoms with Crippen molar-refractivity contribution >= 4 is 0 Å². The maximum Gasteiger partial charge on any atom is 0.126 e. The van der Waals surface area contributed by atoms with Crippen molar-refractivity contribution in [2.45, 2.75) is 38.8 Å². The van der Waals surface area contributed by atoms with Gasteiger partial charge in [0.25, 0.3) is 0 Å². The highest BCUT2D eigenvalue weighted by Gasteiger charge is 2.25. The summed E-state index contributed by atoms with van der Waals surface area (Å²) >= 11 is 0. The number of phenols is 1. The van der Waals surface area contributed by atoms with Crippen molar-refractivity contribution in [1.82, 2.24) is 5.32 Å². The summed E-state index contributed by atoms with van der Waals surface area (Å²) in [6.07, 6.45) is 0.819. The van der Waals surface area contributed by atoms with Crippen LogP contribution in [0.2, 0.25) is 0 Å². The van der Waals surface area contributed by atoms with Gasteiger partial charge in [-0.2, -0.15) is 0 Å². The Labute approximate surface area is 96.4 Å². The lowest BCUT2D eigenvalue weighted by atomic mass is 9.99. The molecule has 3 nitrogen and oxygen atoms in total. The zero-order chi connectivity index (χ0) is 11.8. The van der Waals surface area contributed by atoms with Gasteiger partial charge in [0.05, 0.1) is 0 Å². The van der Waals surface area contributed by atoms with E-state index in [2.05, 4.69) is 26.1 Å². The van der Waals surface area contributed by atoms with E-state index in [1.54, 1.807) is 6.07 Å². The van der Waals surface area contributed by atoms with E-state index >= 15 is 0 Å². The number of aromatic hydroxyl groups is 1. The number of fused-ring (bicyclic) bond motifs is 1. The Balaban J connectivity index is 2.14. The van der Waals surface area contributed by atoms with Gasteiger partial charge in [0.2, 0.25) is 0 Å². The summed E-state index contributed by atoms with van der Waals surface area (Å²) in [5.74, 6) is 1.14. The number of hydrogen-bond acceptors (Lipinski definition) is 3. The summed E-state index contributed by atoms with van der Waals surface area (Å²) in [7, 11) is 0. The van der Waals surface area contributed by atoms with Gasteiger partial charge < -0.3 is 15.2 Å². The molecule has 1 unspecified atom stereocenters. The van der Waals surface area contributed by atoms with Gasteiger partial charge in [-0.25, -0.2) is 0 Å². The molecule has 1 heterocycles. The summed E-state index contributed by atoms with van der Waals surface area (Å²) in [5, 5.41) is 13.3. The van der Waals surface area contributed by atoms with Crippen LogP contribution in [-0.2, 0) is 6.42 Å². The zero-order valence-electron chi connectivity index (χ0n) is 10.1. The third-order valence-corrected chi connectivity index (χ3v) is 2.64. The Morgan fingerprint density at radius 3 is 2.81 bits per heavy atom. The van der Waals surface area contributed by atoms with Crippen LogP contribution >= 0.6 is 0 Å². The third kappa shape index (κ3) is 2.47. The van der Waals surface area contributed by atoms with Crippen molar-refractivity contribution in [2.75, 3.05) is 6.61 Å². The molecule has 1 atom stereocenters. The zero-order valence-corrected chi connectivity index (χ0v) is 10.1. The summed E-state index contributed by atoms with van der Waals surface area (Å²) in [6.45, 7) is 7.06. The molecule has 1 aromatic carbocycles. The van der Waals surface area contributed by atoms with Crippen molar-refractivity contribution in [3.63, 3.8) is 0 Å². The average Bonchev–Trinajstić information content (AvgIpc) is 2.17. The molecule has 1 aromatic rings. The van der Waals surface area contributed by atoms with Gasteiger partial charge in [-0.3, -0.25) is 0 Å². The molecule has 0 aliphatic carbocycles. The third-order valence-electron chi connectivity index (χ3n) is 2.64. The molecule has 0 radical (unpaired) electrons. The van der Waals surface area contributed by atoms with E-state index < -0.39 is 0 Å². The molecule has 2 rings (SSSR count). The van der Waals surface area contributed by atoms with Gasteiger partial charge in [0.15, 0.2) is 0 Å². The van der Waals surface area contributed by atoms with E-state index in [0.717, 1.165) is 17.7 Å². The predicted molar refractivity (Wildman–Crippen MR) is 64.0 cm³/mol. The molecular weight excluding hydrogens is 202 g/mol. The molecule has 0 saturated heterocycles. The van der Waals surface area contributed by atoms with E-state index in [1.807, 2.05) is 12.1 Å². The average molecular weight is 221 g/mol. The molecule has 3 heteroatoms. The molecule has 0 saturated carbocycles. The maximum absolute atomic E-state index is 9.76. The van der Waals surface area contributed by atoms with Crippen molar-refractivity contribution in [2.24, 2.45) is 0 Å². The van der Waals surface area contributed by atoms with Crippen molar-refractivity contribution in [3.05, 3.63) is 23.8 Å². The highest BCUT2D eigenvalue weighted by molar-refractivity contribution is 5.45. The van der Waals surface area contributed by atoms with Crippen molar-refractivity contribution < 1.29 is 9.84 Å². The topological polar surface area (TPSA) is 41.5 Å². The van der Waals surface area contributed by atoms with Gasteiger partial charge in [-0.15, -0.1) is 0 Å². The van der Waals surface area contributed by atoms with Gasteiger partial charge in [0.1, 0.15) is 18.1 Å². The van der Waals surface area contributed by atoms with Crippen LogP contribution in [0.15, 0.2) is 18.2 Å². The van der Waals surface area contributed by atoms with Crippen LogP contribution in [0.5, 0.6) is 11.5 Å². The number of hydrogen-bond donors (Lipinski definition) is 2. The Kier molecular flexibility index (Phi) is 2.80. The standard InChI is InChI=1S/C13H19NO2/c1-13(2,3)14-9-7-10-11(15)5-4-6-12(10)16-8-9/h4-6,9,14-15H,7-8H2,1-3H3. The Bertz CT molecular complexity index is 382.